The van der Waals surface area contributed by atoms with Gasteiger partial charge in [0.15, 0.2) is 0 Å². The van der Waals surface area contributed by atoms with Crippen molar-refractivity contribution in [2.45, 2.75) is 12.8 Å². The molecule has 0 unspecified atom stereocenters. The fourth-order valence-electron chi connectivity index (χ4n) is 1.34. The Balaban J connectivity index is 2.08. The zero-order valence-corrected chi connectivity index (χ0v) is 7.30. The maximum Gasteiger partial charge on any atom is 0.282 e. The molecule has 1 aromatic heterocycles. The second kappa shape index (κ2) is 2.65. The van der Waals surface area contributed by atoms with E-state index in [1.54, 1.807) is 11.1 Å². The summed E-state index contributed by atoms with van der Waals surface area (Å²) < 4.78 is 25.0. The minimum atomic E-state index is -2.51. The third kappa shape index (κ3) is 1.61. The molecular weight excluding hydrogens is 174 g/mol. The van der Waals surface area contributed by atoms with Crippen LogP contribution in [0.15, 0.2) is 18.3 Å². The van der Waals surface area contributed by atoms with Crippen molar-refractivity contribution in [3.8, 4) is 0 Å². The van der Waals surface area contributed by atoms with Gasteiger partial charge in [-0.2, -0.15) is 0 Å². The van der Waals surface area contributed by atoms with Crippen LogP contribution in [0.3, 0.4) is 0 Å². The van der Waals surface area contributed by atoms with Gasteiger partial charge in [0.05, 0.1) is 25.0 Å². The third-order valence-electron chi connectivity index (χ3n) is 2.11. The van der Waals surface area contributed by atoms with Gasteiger partial charge in [0, 0.05) is 5.69 Å². The molecule has 2 nitrogen and oxygen atoms in total. The zero-order valence-electron chi connectivity index (χ0n) is 7.30. The predicted octanol–water partition coefficient (Wildman–Crippen LogP) is 1.85. The van der Waals surface area contributed by atoms with Gasteiger partial charge in [-0.25, -0.2) is 8.78 Å². The molecule has 0 amide bonds. The molecule has 1 aromatic rings. The monoisotopic (exact) mass is 184 g/mol. The Kier molecular flexibility index (Phi) is 1.71. The summed E-state index contributed by atoms with van der Waals surface area (Å²) >= 11 is 0. The van der Waals surface area contributed by atoms with Crippen LogP contribution in [0.1, 0.15) is 5.69 Å². The maximum atomic E-state index is 12.5. The highest BCUT2D eigenvalue weighted by Gasteiger charge is 2.43. The van der Waals surface area contributed by atoms with Crippen molar-refractivity contribution >= 4 is 5.69 Å². The van der Waals surface area contributed by atoms with Crippen molar-refractivity contribution < 1.29 is 8.78 Å². The number of rotatable bonds is 1. The summed E-state index contributed by atoms with van der Waals surface area (Å²) in [5.74, 6) is -2.51. The number of aromatic nitrogens is 1. The molecule has 1 fully saturated rings. The standard InChI is InChI=1S/C9H10F2N2/c1-7-2-3-8(4-12-7)13-5-9(10,11)6-13/h2-4H,5-6H2,1H3. The van der Waals surface area contributed by atoms with E-state index in [1.165, 1.54) is 0 Å². The van der Waals surface area contributed by atoms with Gasteiger partial charge in [-0.05, 0) is 19.1 Å². The van der Waals surface area contributed by atoms with Gasteiger partial charge in [-0.3, -0.25) is 4.98 Å². The number of anilines is 1. The summed E-state index contributed by atoms with van der Waals surface area (Å²) in [6, 6.07) is 3.64. The van der Waals surface area contributed by atoms with Crippen molar-refractivity contribution in [3.05, 3.63) is 24.0 Å². The molecule has 2 rings (SSSR count). The van der Waals surface area contributed by atoms with Crippen LogP contribution in [0.2, 0.25) is 0 Å². The molecule has 4 heteroatoms. The first kappa shape index (κ1) is 8.41. The number of hydrogen-bond acceptors (Lipinski definition) is 2. The highest BCUT2D eigenvalue weighted by Crippen LogP contribution is 2.30. The van der Waals surface area contributed by atoms with Gasteiger partial charge in [-0.15, -0.1) is 0 Å². The van der Waals surface area contributed by atoms with Crippen molar-refractivity contribution in [1.29, 1.82) is 0 Å². The van der Waals surface area contributed by atoms with E-state index in [0.717, 1.165) is 11.4 Å². The Morgan fingerprint density at radius 2 is 2.08 bits per heavy atom. The molecule has 2 heterocycles. The van der Waals surface area contributed by atoms with E-state index in [9.17, 15) is 8.78 Å². The number of nitrogens with zero attached hydrogens (tertiary/aromatic N) is 2. The van der Waals surface area contributed by atoms with Crippen molar-refractivity contribution in [2.24, 2.45) is 0 Å². The summed E-state index contributed by atoms with van der Waals surface area (Å²) in [6.07, 6.45) is 1.63. The van der Waals surface area contributed by atoms with Gasteiger partial charge < -0.3 is 4.90 Å². The molecule has 0 bridgehead atoms. The number of halogens is 2. The molecule has 70 valence electrons. The Hall–Kier alpha value is -1.19. The van der Waals surface area contributed by atoms with E-state index < -0.39 is 5.92 Å². The summed E-state index contributed by atoms with van der Waals surface area (Å²) in [5.41, 5.74) is 1.67. The molecule has 1 aliphatic rings. The van der Waals surface area contributed by atoms with Crippen LogP contribution in [0.5, 0.6) is 0 Å². The fourth-order valence-corrected chi connectivity index (χ4v) is 1.34. The Morgan fingerprint density at radius 3 is 2.54 bits per heavy atom. The Labute approximate surface area is 75.2 Å². The van der Waals surface area contributed by atoms with Crippen molar-refractivity contribution in [3.63, 3.8) is 0 Å². The average molecular weight is 184 g/mol. The van der Waals surface area contributed by atoms with Crippen LogP contribution < -0.4 is 4.90 Å². The van der Waals surface area contributed by atoms with Crippen LogP contribution in [0.4, 0.5) is 14.5 Å². The molecular formula is C9H10F2N2. The lowest BCUT2D eigenvalue weighted by Gasteiger charge is -2.40. The van der Waals surface area contributed by atoms with E-state index in [0.29, 0.717) is 0 Å². The predicted molar refractivity (Wildman–Crippen MR) is 46.1 cm³/mol. The average Bonchev–Trinajstić information content (AvgIpc) is 2.01. The Bertz CT molecular complexity index is 300. The first-order chi connectivity index (χ1) is 6.07. The van der Waals surface area contributed by atoms with E-state index in [4.69, 9.17) is 0 Å². The third-order valence-corrected chi connectivity index (χ3v) is 2.11. The van der Waals surface area contributed by atoms with Gasteiger partial charge in [0.2, 0.25) is 0 Å². The number of pyridine rings is 1. The first-order valence-electron chi connectivity index (χ1n) is 4.12. The number of alkyl halides is 2. The van der Waals surface area contributed by atoms with Crippen LogP contribution >= 0.6 is 0 Å². The van der Waals surface area contributed by atoms with Gasteiger partial charge in [0.25, 0.3) is 5.92 Å². The van der Waals surface area contributed by atoms with Crippen LogP contribution in [-0.2, 0) is 0 Å². The Morgan fingerprint density at radius 1 is 1.38 bits per heavy atom. The molecule has 13 heavy (non-hydrogen) atoms. The van der Waals surface area contributed by atoms with Gasteiger partial charge in [0.1, 0.15) is 0 Å². The largest absolute Gasteiger partial charge is 0.358 e. The summed E-state index contributed by atoms with van der Waals surface area (Å²) in [6.45, 7) is 1.50. The van der Waals surface area contributed by atoms with Crippen LogP contribution in [0.25, 0.3) is 0 Å². The van der Waals surface area contributed by atoms with E-state index >= 15 is 0 Å². The summed E-state index contributed by atoms with van der Waals surface area (Å²) in [4.78, 5) is 5.66. The maximum absolute atomic E-state index is 12.5. The molecule has 0 N–H and O–H groups in total. The molecule has 0 saturated carbocycles. The lowest BCUT2D eigenvalue weighted by molar-refractivity contribution is -0.0262. The number of hydrogen-bond donors (Lipinski definition) is 0. The molecule has 1 saturated heterocycles. The van der Waals surface area contributed by atoms with E-state index in [-0.39, 0.29) is 13.1 Å². The molecule has 1 aliphatic heterocycles. The normalized spacial score (nSPS) is 19.8. The van der Waals surface area contributed by atoms with Gasteiger partial charge >= 0.3 is 0 Å². The minimum Gasteiger partial charge on any atom is -0.358 e. The smallest absolute Gasteiger partial charge is 0.282 e. The lowest BCUT2D eigenvalue weighted by Crippen LogP contribution is -2.56. The van der Waals surface area contributed by atoms with Crippen LogP contribution in [0, 0.1) is 6.92 Å². The molecule has 0 aromatic carbocycles. The molecule has 0 atom stereocenters. The summed E-state index contributed by atoms with van der Waals surface area (Å²) in [5, 5.41) is 0. The molecule has 0 spiro atoms. The topological polar surface area (TPSA) is 16.1 Å². The zero-order chi connectivity index (χ0) is 9.47. The fraction of sp³-hybridized carbons (Fsp3) is 0.444. The van der Waals surface area contributed by atoms with Crippen LogP contribution in [-0.4, -0.2) is 24.0 Å². The lowest BCUT2D eigenvalue weighted by atomic mass is 10.1. The summed E-state index contributed by atoms with van der Waals surface area (Å²) in [7, 11) is 0. The van der Waals surface area contributed by atoms with E-state index in [1.807, 2.05) is 19.1 Å². The molecule has 0 radical (unpaired) electrons. The quantitative estimate of drug-likeness (QED) is 0.662. The first-order valence-corrected chi connectivity index (χ1v) is 4.12. The second-order valence-electron chi connectivity index (χ2n) is 3.37. The highest BCUT2D eigenvalue weighted by molar-refractivity contribution is 5.48. The SMILES string of the molecule is Cc1ccc(N2CC(F)(F)C2)cn1. The highest BCUT2D eigenvalue weighted by atomic mass is 19.3. The minimum absolute atomic E-state index is 0.183. The molecule has 0 aliphatic carbocycles. The van der Waals surface area contributed by atoms with E-state index in [2.05, 4.69) is 4.98 Å². The van der Waals surface area contributed by atoms with Crippen molar-refractivity contribution in [1.82, 2.24) is 4.98 Å². The number of aryl methyl sites for hydroxylation is 1. The van der Waals surface area contributed by atoms with Gasteiger partial charge in [-0.1, -0.05) is 0 Å². The second-order valence-corrected chi connectivity index (χ2v) is 3.37. The van der Waals surface area contributed by atoms with Crippen molar-refractivity contribution in [2.75, 3.05) is 18.0 Å².